The maximum Gasteiger partial charge on any atom is 0.253 e. The number of carbonyl (C=O) groups is 1. The standard InChI is InChI=1S/C26H32N2O3/c1-4-13-28(14-5-2)26(30)18-9-11-22-21(15-18)19-7-6-8-20(19)25(27-22)17-10-12-24(31-3)23(29)16-17/h6-7,9-12,15-16,19-20,25,27,29H,4-5,8,13-14H2,1-3H3. The molecule has 5 heteroatoms. The van der Waals surface area contributed by atoms with Gasteiger partial charge in [-0.05, 0) is 66.6 Å². The van der Waals surface area contributed by atoms with E-state index in [1.807, 2.05) is 29.2 Å². The minimum Gasteiger partial charge on any atom is -0.504 e. The zero-order valence-electron chi connectivity index (χ0n) is 18.6. The van der Waals surface area contributed by atoms with Crippen LogP contribution in [0.25, 0.3) is 0 Å². The first-order valence-electron chi connectivity index (χ1n) is 11.3. The van der Waals surface area contributed by atoms with Crippen molar-refractivity contribution in [2.24, 2.45) is 5.92 Å². The van der Waals surface area contributed by atoms with Gasteiger partial charge in [-0.25, -0.2) is 0 Å². The Bertz CT molecular complexity index is 979. The summed E-state index contributed by atoms with van der Waals surface area (Å²) in [5, 5.41) is 14.0. The van der Waals surface area contributed by atoms with E-state index in [4.69, 9.17) is 4.74 Å². The number of hydrogen-bond donors (Lipinski definition) is 2. The van der Waals surface area contributed by atoms with Crippen LogP contribution in [0, 0.1) is 5.92 Å². The number of phenolic OH excluding ortho intramolecular Hbond substituents is 1. The molecule has 0 saturated heterocycles. The lowest BCUT2D eigenvalue weighted by molar-refractivity contribution is 0.0755. The number of amides is 1. The number of fused-ring (bicyclic) bond motifs is 3. The van der Waals surface area contributed by atoms with Crippen molar-refractivity contribution < 1.29 is 14.6 Å². The van der Waals surface area contributed by atoms with Gasteiger partial charge in [0.05, 0.1) is 13.2 Å². The summed E-state index contributed by atoms with van der Waals surface area (Å²) in [5.74, 6) is 1.35. The topological polar surface area (TPSA) is 61.8 Å². The number of carbonyl (C=O) groups excluding carboxylic acids is 1. The van der Waals surface area contributed by atoms with Gasteiger partial charge in [-0.2, -0.15) is 0 Å². The van der Waals surface area contributed by atoms with Gasteiger partial charge in [-0.1, -0.05) is 32.1 Å². The van der Waals surface area contributed by atoms with E-state index in [1.165, 1.54) is 5.56 Å². The average Bonchev–Trinajstić information content (AvgIpc) is 3.28. The minimum atomic E-state index is 0.0857. The number of anilines is 1. The van der Waals surface area contributed by atoms with E-state index in [2.05, 4.69) is 37.4 Å². The fourth-order valence-corrected chi connectivity index (χ4v) is 5.00. The third-order valence-electron chi connectivity index (χ3n) is 6.45. The predicted octanol–water partition coefficient (Wildman–Crippen LogP) is 5.49. The summed E-state index contributed by atoms with van der Waals surface area (Å²) in [7, 11) is 1.56. The molecular formula is C26H32N2O3. The summed E-state index contributed by atoms with van der Waals surface area (Å²) >= 11 is 0. The highest BCUT2D eigenvalue weighted by Gasteiger charge is 2.38. The van der Waals surface area contributed by atoms with Gasteiger partial charge in [-0.15, -0.1) is 0 Å². The number of nitrogens with zero attached hydrogens (tertiary/aromatic N) is 1. The van der Waals surface area contributed by atoms with E-state index in [9.17, 15) is 9.90 Å². The molecule has 0 aromatic heterocycles. The first-order chi connectivity index (χ1) is 15.1. The van der Waals surface area contributed by atoms with Gasteiger partial charge in [0.1, 0.15) is 0 Å². The van der Waals surface area contributed by atoms with Crippen molar-refractivity contribution in [3.63, 3.8) is 0 Å². The van der Waals surface area contributed by atoms with Gasteiger partial charge < -0.3 is 20.1 Å². The fraction of sp³-hybridized carbons (Fsp3) is 0.423. The zero-order chi connectivity index (χ0) is 22.0. The molecule has 0 spiro atoms. The van der Waals surface area contributed by atoms with E-state index < -0.39 is 0 Å². The van der Waals surface area contributed by atoms with Crippen LogP contribution in [0.5, 0.6) is 11.5 Å². The molecule has 3 atom stereocenters. The number of aromatic hydroxyl groups is 1. The van der Waals surface area contributed by atoms with Crippen molar-refractivity contribution in [3.8, 4) is 11.5 Å². The second kappa shape index (κ2) is 9.04. The largest absolute Gasteiger partial charge is 0.504 e. The highest BCUT2D eigenvalue weighted by atomic mass is 16.5. The maximum atomic E-state index is 13.1. The third-order valence-corrected chi connectivity index (χ3v) is 6.45. The molecule has 0 fully saturated rings. The zero-order valence-corrected chi connectivity index (χ0v) is 18.6. The Kier molecular flexibility index (Phi) is 6.21. The molecule has 2 aromatic carbocycles. The van der Waals surface area contributed by atoms with Crippen LogP contribution in [0.2, 0.25) is 0 Å². The molecule has 2 aromatic rings. The average molecular weight is 421 g/mol. The van der Waals surface area contributed by atoms with Crippen LogP contribution in [-0.4, -0.2) is 36.1 Å². The molecule has 2 aliphatic rings. The Morgan fingerprint density at radius 3 is 2.61 bits per heavy atom. The monoisotopic (exact) mass is 420 g/mol. The van der Waals surface area contributed by atoms with Crippen LogP contribution < -0.4 is 10.1 Å². The van der Waals surface area contributed by atoms with Crippen LogP contribution in [0.1, 0.15) is 66.6 Å². The van der Waals surface area contributed by atoms with Crippen LogP contribution in [0.4, 0.5) is 5.69 Å². The number of phenols is 1. The SMILES string of the molecule is CCCN(CCC)C(=O)c1ccc2c(c1)C1C=CCC1C(c1ccc(OC)c(O)c1)N2. The molecule has 0 radical (unpaired) electrons. The van der Waals surface area contributed by atoms with E-state index in [0.717, 1.165) is 49.2 Å². The molecule has 3 unspecified atom stereocenters. The molecule has 164 valence electrons. The van der Waals surface area contributed by atoms with Crippen molar-refractivity contribution in [2.45, 2.75) is 45.1 Å². The quantitative estimate of drug-likeness (QED) is 0.582. The molecule has 1 heterocycles. The Morgan fingerprint density at radius 2 is 1.94 bits per heavy atom. The van der Waals surface area contributed by atoms with Crippen LogP contribution in [0.3, 0.4) is 0 Å². The van der Waals surface area contributed by atoms with Crippen LogP contribution in [-0.2, 0) is 0 Å². The molecular weight excluding hydrogens is 388 g/mol. The van der Waals surface area contributed by atoms with Gasteiger partial charge in [-0.3, -0.25) is 4.79 Å². The lowest BCUT2D eigenvalue weighted by Crippen LogP contribution is -2.33. The molecule has 2 N–H and O–H groups in total. The number of hydrogen-bond acceptors (Lipinski definition) is 4. The molecule has 4 rings (SSSR count). The molecule has 1 aliphatic carbocycles. The Balaban J connectivity index is 1.65. The number of nitrogens with one attached hydrogen (secondary N) is 1. The second-order valence-electron chi connectivity index (χ2n) is 8.50. The van der Waals surface area contributed by atoms with Gasteiger partial charge >= 0.3 is 0 Å². The fourth-order valence-electron chi connectivity index (χ4n) is 5.00. The highest BCUT2D eigenvalue weighted by Crippen LogP contribution is 2.50. The van der Waals surface area contributed by atoms with E-state index in [1.54, 1.807) is 13.2 Å². The summed E-state index contributed by atoms with van der Waals surface area (Å²) in [5.41, 5.74) is 4.05. The highest BCUT2D eigenvalue weighted by molar-refractivity contribution is 5.95. The lowest BCUT2D eigenvalue weighted by Gasteiger charge is -2.38. The Morgan fingerprint density at radius 1 is 1.16 bits per heavy atom. The smallest absolute Gasteiger partial charge is 0.253 e. The summed E-state index contributed by atoms with van der Waals surface area (Å²) < 4.78 is 5.20. The summed E-state index contributed by atoms with van der Waals surface area (Å²) in [6.07, 6.45) is 7.39. The third kappa shape index (κ3) is 4.01. The Hall–Kier alpha value is -2.95. The normalized spacial score (nSPS) is 21.2. The van der Waals surface area contributed by atoms with Crippen molar-refractivity contribution >= 4 is 11.6 Å². The van der Waals surface area contributed by atoms with Crippen molar-refractivity contribution in [3.05, 3.63) is 65.2 Å². The van der Waals surface area contributed by atoms with Crippen LogP contribution in [0.15, 0.2) is 48.6 Å². The first-order valence-corrected chi connectivity index (χ1v) is 11.3. The molecule has 0 bridgehead atoms. The van der Waals surface area contributed by atoms with E-state index >= 15 is 0 Å². The van der Waals surface area contributed by atoms with Gasteiger partial charge in [0.25, 0.3) is 5.91 Å². The second-order valence-corrected chi connectivity index (χ2v) is 8.50. The summed E-state index contributed by atoms with van der Waals surface area (Å²) in [6, 6.07) is 11.8. The number of rotatable bonds is 7. The lowest BCUT2D eigenvalue weighted by atomic mass is 9.76. The Labute approximate surface area is 184 Å². The number of ether oxygens (including phenoxy) is 1. The van der Waals surface area contributed by atoms with Crippen LogP contribution >= 0.6 is 0 Å². The predicted molar refractivity (Wildman–Crippen MR) is 124 cm³/mol. The molecule has 1 aliphatic heterocycles. The van der Waals surface area contributed by atoms with Gasteiger partial charge in [0, 0.05) is 30.3 Å². The van der Waals surface area contributed by atoms with Crippen molar-refractivity contribution in [1.82, 2.24) is 4.90 Å². The van der Waals surface area contributed by atoms with Crippen molar-refractivity contribution in [2.75, 3.05) is 25.5 Å². The summed E-state index contributed by atoms with van der Waals surface area (Å²) in [6.45, 7) is 5.80. The molecule has 1 amide bonds. The minimum absolute atomic E-state index is 0.0857. The van der Waals surface area contributed by atoms with Gasteiger partial charge in [0.2, 0.25) is 0 Å². The summed E-state index contributed by atoms with van der Waals surface area (Å²) in [4.78, 5) is 15.1. The van der Waals surface area contributed by atoms with Crippen molar-refractivity contribution in [1.29, 1.82) is 0 Å². The van der Waals surface area contributed by atoms with Gasteiger partial charge in [0.15, 0.2) is 11.5 Å². The first kappa shape index (κ1) is 21.3. The maximum absolute atomic E-state index is 13.1. The molecule has 31 heavy (non-hydrogen) atoms. The molecule has 5 nitrogen and oxygen atoms in total. The molecule has 0 saturated carbocycles. The number of allylic oxidation sites excluding steroid dienone is 2. The number of methoxy groups -OCH3 is 1. The van der Waals surface area contributed by atoms with E-state index in [-0.39, 0.29) is 23.6 Å². The number of benzene rings is 2. The van der Waals surface area contributed by atoms with E-state index in [0.29, 0.717) is 11.7 Å².